The first-order valence-electron chi connectivity index (χ1n) is 11.2. The number of hydrogen-bond donors (Lipinski definition) is 1. The van der Waals surface area contributed by atoms with Gasteiger partial charge in [0, 0.05) is 5.25 Å². The summed E-state index contributed by atoms with van der Waals surface area (Å²) in [5.74, 6) is 1.70. The van der Waals surface area contributed by atoms with Crippen LogP contribution in [-0.2, 0) is 17.5 Å². The molecule has 2 aliphatic carbocycles. The Bertz CT molecular complexity index is 1300. The fourth-order valence-corrected chi connectivity index (χ4v) is 9.18. The molecule has 0 spiro atoms. The third kappa shape index (κ3) is 3.53. The van der Waals surface area contributed by atoms with Gasteiger partial charge >= 0.3 is 11.0 Å². The van der Waals surface area contributed by atoms with Gasteiger partial charge in [0.1, 0.15) is 12.3 Å². The summed E-state index contributed by atoms with van der Waals surface area (Å²) in [6, 6.07) is 8.65. The topological polar surface area (TPSA) is 64.2 Å². The second-order valence-electron chi connectivity index (χ2n) is 9.20. The molecule has 3 aromatic rings. The number of aromatic nitrogens is 1. The lowest BCUT2D eigenvalue weighted by Gasteiger charge is -2.39. The van der Waals surface area contributed by atoms with E-state index in [0.717, 1.165) is 33.1 Å². The summed E-state index contributed by atoms with van der Waals surface area (Å²) >= 11 is 2.79. The van der Waals surface area contributed by atoms with Gasteiger partial charge in [0.15, 0.2) is 0 Å². The van der Waals surface area contributed by atoms with Crippen molar-refractivity contribution >= 4 is 34.7 Å². The molecule has 178 valence electrons. The van der Waals surface area contributed by atoms with Crippen molar-refractivity contribution in [1.82, 2.24) is 4.57 Å². The van der Waals surface area contributed by atoms with Crippen LogP contribution in [0.4, 0.5) is 18.9 Å². The van der Waals surface area contributed by atoms with E-state index in [4.69, 9.17) is 4.42 Å². The number of nitrogens with zero attached hydrogens (tertiary/aromatic N) is 1. The number of hydrogen-bond acceptors (Lipinski definition) is 5. The lowest BCUT2D eigenvalue weighted by atomic mass is 9.77. The van der Waals surface area contributed by atoms with Crippen molar-refractivity contribution in [3.63, 3.8) is 0 Å². The van der Waals surface area contributed by atoms with Crippen LogP contribution in [0.2, 0.25) is 0 Å². The van der Waals surface area contributed by atoms with Crippen LogP contribution >= 0.6 is 23.1 Å². The van der Waals surface area contributed by atoms with Gasteiger partial charge in [-0.15, -0.1) is 11.8 Å². The van der Waals surface area contributed by atoms with Gasteiger partial charge in [-0.25, -0.2) is 0 Å². The molecular formula is C24H21F3N2O3S2. The number of alkyl halides is 3. The fraction of sp³-hybridized carbons (Fsp3) is 0.417. The second kappa shape index (κ2) is 8.05. The number of anilines is 1. The van der Waals surface area contributed by atoms with Crippen molar-refractivity contribution in [2.75, 3.05) is 5.32 Å². The van der Waals surface area contributed by atoms with Gasteiger partial charge in [-0.1, -0.05) is 23.5 Å². The Hall–Kier alpha value is -2.46. The third-order valence-electron chi connectivity index (χ3n) is 7.35. The molecule has 34 heavy (non-hydrogen) atoms. The van der Waals surface area contributed by atoms with E-state index in [-0.39, 0.29) is 23.0 Å². The smallest absolute Gasteiger partial charge is 0.418 e. The van der Waals surface area contributed by atoms with Crippen molar-refractivity contribution in [3.8, 4) is 0 Å². The Morgan fingerprint density at radius 1 is 1.15 bits per heavy atom. The van der Waals surface area contributed by atoms with Crippen LogP contribution in [0, 0.1) is 17.8 Å². The van der Waals surface area contributed by atoms with E-state index < -0.39 is 17.6 Å². The highest BCUT2D eigenvalue weighted by molar-refractivity contribution is 8.00. The lowest BCUT2D eigenvalue weighted by molar-refractivity contribution is -0.137. The molecule has 1 amide bonds. The summed E-state index contributed by atoms with van der Waals surface area (Å²) < 4.78 is 47.2. The number of amides is 1. The highest BCUT2D eigenvalue weighted by Crippen LogP contribution is 2.64. The summed E-state index contributed by atoms with van der Waals surface area (Å²) in [7, 11) is 0. The Morgan fingerprint density at radius 2 is 1.94 bits per heavy atom. The first-order chi connectivity index (χ1) is 16.3. The zero-order valence-corrected chi connectivity index (χ0v) is 19.5. The van der Waals surface area contributed by atoms with Crippen LogP contribution in [-0.4, -0.2) is 15.7 Å². The standard InChI is InChI=1S/C24H21F3N2O3S2/c25-24(26,27)14-4-1-2-5-15(14)28-17(30)11-29-22-21(34-23(29)31)19(16-6-3-9-32-16)18-12-7-8-13(10-12)20(18)33-22/h1-6,9,12-13,18-20H,7-8,10-11H2,(H,28,30). The van der Waals surface area contributed by atoms with Gasteiger partial charge in [-0.05, 0) is 61.3 Å². The first-order valence-corrected chi connectivity index (χ1v) is 12.9. The van der Waals surface area contributed by atoms with Crippen LogP contribution in [0.15, 0.2) is 56.9 Å². The Labute approximate surface area is 201 Å². The van der Waals surface area contributed by atoms with E-state index in [1.807, 2.05) is 12.1 Å². The van der Waals surface area contributed by atoms with E-state index >= 15 is 0 Å². The molecule has 2 saturated carbocycles. The van der Waals surface area contributed by atoms with Crippen LogP contribution in [0.25, 0.3) is 0 Å². The summed E-state index contributed by atoms with van der Waals surface area (Å²) in [6.07, 6.45) is 0.584. The molecule has 2 aromatic heterocycles. The molecule has 5 nitrogen and oxygen atoms in total. The van der Waals surface area contributed by atoms with Crippen LogP contribution < -0.4 is 10.2 Å². The zero-order chi connectivity index (χ0) is 23.6. The molecule has 10 heteroatoms. The van der Waals surface area contributed by atoms with Crippen LogP contribution in [0.3, 0.4) is 0 Å². The number of thiazole rings is 1. The third-order valence-corrected chi connectivity index (χ3v) is 10.2. The summed E-state index contributed by atoms with van der Waals surface area (Å²) in [4.78, 5) is 26.4. The van der Waals surface area contributed by atoms with Crippen LogP contribution in [0.1, 0.15) is 41.4 Å². The Kier molecular flexibility index (Phi) is 5.22. The van der Waals surface area contributed by atoms with Gasteiger partial charge < -0.3 is 9.73 Å². The SMILES string of the molecule is O=C(Cn1c2c(sc1=O)C(c1ccco1)C1C3CCC(C3)C1S2)Nc1ccccc1C(F)(F)F. The maximum atomic E-state index is 13.3. The number of nitrogens with one attached hydrogen (secondary N) is 1. The van der Waals surface area contributed by atoms with Crippen molar-refractivity contribution in [3.05, 3.63) is 68.5 Å². The minimum absolute atomic E-state index is 0.0282. The number of carbonyl (C=O) groups is 1. The van der Waals surface area contributed by atoms with Gasteiger partial charge in [-0.3, -0.25) is 14.2 Å². The Morgan fingerprint density at radius 3 is 2.71 bits per heavy atom. The molecular weight excluding hydrogens is 485 g/mol. The largest absolute Gasteiger partial charge is 0.469 e. The number of furan rings is 1. The molecule has 5 atom stereocenters. The average Bonchev–Trinajstić information content (AvgIpc) is 3.58. The number of rotatable bonds is 4. The van der Waals surface area contributed by atoms with Crippen molar-refractivity contribution in [2.24, 2.45) is 17.8 Å². The highest BCUT2D eigenvalue weighted by Gasteiger charge is 2.56. The molecule has 1 N–H and O–H groups in total. The molecule has 2 bridgehead atoms. The normalized spacial score (nSPS) is 27.4. The van der Waals surface area contributed by atoms with Crippen molar-refractivity contribution in [2.45, 2.75) is 48.2 Å². The van der Waals surface area contributed by atoms with E-state index in [9.17, 15) is 22.8 Å². The number of benzene rings is 1. The molecule has 0 radical (unpaired) electrons. The number of halogens is 3. The monoisotopic (exact) mass is 506 g/mol. The molecule has 1 aromatic carbocycles. The minimum Gasteiger partial charge on any atom is -0.469 e. The number of carbonyl (C=O) groups excluding carboxylic acids is 1. The van der Waals surface area contributed by atoms with E-state index in [1.165, 1.54) is 42.0 Å². The molecule has 5 unspecified atom stereocenters. The predicted molar refractivity (Wildman–Crippen MR) is 123 cm³/mol. The van der Waals surface area contributed by atoms with Gasteiger partial charge in [-0.2, -0.15) is 13.2 Å². The molecule has 6 rings (SSSR count). The number of thioether (sulfide) groups is 1. The summed E-state index contributed by atoms with van der Waals surface area (Å²) in [6.45, 7) is -0.333. The minimum atomic E-state index is -4.59. The van der Waals surface area contributed by atoms with Gasteiger partial charge in [0.2, 0.25) is 5.91 Å². The molecule has 2 fully saturated rings. The quantitative estimate of drug-likeness (QED) is 0.485. The average molecular weight is 507 g/mol. The molecule has 3 heterocycles. The summed E-state index contributed by atoms with van der Waals surface area (Å²) in [5.41, 5.74) is -1.23. The van der Waals surface area contributed by atoms with E-state index in [2.05, 4.69) is 5.32 Å². The zero-order valence-electron chi connectivity index (χ0n) is 17.9. The van der Waals surface area contributed by atoms with Gasteiger partial charge in [0.05, 0.1) is 33.3 Å². The maximum Gasteiger partial charge on any atom is 0.418 e. The number of para-hydroxylation sites is 1. The van der Waals surface area contributed by atoms with E-state index in [1.54, 1.807) is 18.0 Å². The van der Waals surface area contributed by atoms with E-state index in [0.29, 0.717) is 23.0 Å². The van der Waals surface area contributed by atoms with Gasteiger partial charge in [0.25, 0.3) is 0 Å². The maximum absolute atomic E-state index is 13.3. The van der Waals surface area contributed by atoms with Crippen molar-refractivity contribution < 1.29 is 22.4 Å². The lowest BCUT2D eigenvalue weighted by Crippen LogP contribution is -2.34. The molecule has 1 aliphatic heterocycles. The second-order valence-corrected chi connectivity index (χ2v) is 11.4. The molecule has 0 saturated heterocycles. The number of fused-ring (bicyclic) bond motifs is 6. The predicted octanol–water partition coefficient (Wildman–Crippen LogP) is 5.81. The highest BCUT2D eigenvalue weighted by atomic mass is 32.2. The summed E-state index contributed by atoms with van der Waals surface area (Å²) in [5, 5.41) is 3.46. The molecule has 3 aliphatic rings. The first kappa shape index (κ1) is 22.0. The van der Waals surface area contributed by atoms with Crippen molar-refractivity contribution in [1.29, 1.82) is 0 Å². The fourth-order valence-electron chi connectivity index (χ4n) is 6.05. The van der Waals surface area contributed by atoms with Crippen LogP contribution in [0.5, 0.6) is 0 Å². The Balaban J connectivity index is 1.33.